The smallest absolute Gasteiger partial charge is 0.154 e. The lowest BCUT2D eigenvalue weighted by Crippen LogP contribution is -2.18. The van der Waals surface area contributed by atoms with Gasteiger partial charge in [0.05, 0.1) is 11.5 Å². The van der Waals surface area contributed by atoms with E-state index in [2.05, 4.69) is 0 Å². The van der Waals surface area contributed by atoms with Crippen LogP contribution in [0.25, 0.3) is 0 Å². The van der Waals surface area contributed by atoms with E-state index >= 15 is 0 Å². The van der Waals surface area contributed by atoms with Crippen molar-refractivity contribution in [1.82, 2.24) is 0 Å². The number of aryl methyl sites for hydroxylation is 2. The van der Waals surface area contributed by atoms with Crippen LogP contribution in [-0.4, -0.2) is 26.0 Å². The van der Waals surface area contributed by atoms with Crippen molar-refractivity contribution in [3.05, 3.63) is 29.3 Å². The van der Waals surface area contributed by atoms with Gasteiger partial charge in [0.15, 0.2) is 9.84 Å². The summed E-state index contributed by atoms with van der Waals surface area (Å²) in [5.41, 5.74) is 2.24. The van der Waals surface area contributed by atoms with Crippen LogP contribution >= 0.6 is 0 Å². The molecule has 0 amide bonds. The molecule has 1 atom stereocenters. The molecule has 1 heterocycles. The summed E-state index contributed by atoms with van der Waals surface area (Å²) in [6, 6.07) is 5.93. The zero-order chi connectivity index (χ0) is 11.8. The monoisotopic (exact) mass is 240 g/mol. The van der Waals surface area contributed by atoms with Crippen LogP contribution in [0.2, 0.25) is 0 Å². The molecule has 88 valence electrons. The molecule has 1 aliphatic rings. The van der Waals surface area contributed by atoms with Crippen molar-refractivity contribution in [1.29, 1.82) is 0 Å². The summed E-state index contributed by atoms with van der Waals surface area (Å²) in [6.45, 7) is 4.00. The van der Waals surface area contributed by atoms with E-state index in [-0.39, 0.29) is 17.6 Å². The molecule has 3 nitrogen and oxygen atoms in total. The summed E-state index contributed by atoms with van der Waals surface area (Å²) in [5, 5.41) is 0. The van der Waals surface area contributed by atoms with Gasteiger partial charge in [0.25, 0.3) is 0 Å². The maximum absolute atomic E-state index is 11.3. The van der Waals surface area contributed by atoms with Crippen LogP contribution in [0.15, 0.2) is 18.2 Å². The van der Waals surface area contributed by atoms with Gasteiger partial charge in [-0.3, -0.25) is 0 Å². The maximum atomic E-state index is 11.3. The van der Waals surface area contributed by atoms with Crippen molar-refractivity contribution in [2.24, 2.45) is 0 Å². The van der Waals surface area contributed by atoms with Gasteiger partial charge in [-0.05, 0) is 31.9 Å². The third-order valence-electron chi connectivity index (χ3n) is 2.81. The van der Waals surface area contributed by atoms with E-state index in [4.69, 9.17) is 4.74 Å². The van der Waals surface area contributed by atoms with Crippen LogP contribution in [0.1, 0.15) is 17.5 Å². The van der Waals surface area contributed by atoms with E-state index in [9.17, 15) is 8.42 Å². The lowest BCUT2D eigenvalue weighted by atomic mass is 10.1. The van der Waals surface area contributed by atoms with E-state index in [1.165, 1.54) is 5.56 Å². The first kappa shape index (κ1) is 11.5. The first-order valence-corrected chi connectivity index (χ1v) is 7.23. The summed E-state index contributed by atoms with van der Waals surface area (Å²) in [5.74, 6) is 1.20. The number of hydrogen-bond donors (Lipinski definition) is 0. The van der Waals surface area contributed by atoms with Crippen molar-refractivity contribution < 1.29 is 13.2 Å². The third kappa shape index (κ3) is 2.55. The Labute approximate surface area is 96.4 Å². The Hall–Kier alpha value is -1.03. The number of sulfone groups is 1. The topological polar surface area (TPSA) is 43.4 Å². The average Bonchev–Trinajstić information content (AvgIpc) is 2.51. The predicted octanol–water partition coefficient (Wildman–Crippen LogP) is 1.87. The van der Waals surface area contributed by atoms with Gasteiger partial charge < -0.3 is 4.74 Å². The molecule has 2 rings (SSSR count). The minimum Gasteiger partial charge on any atom is -0.489 e. The van der Waals surface area contributed by atoms with Crippen LogP contribution in [0.5, 0.6) is 5.75 Å². The molecule has 1 unspecified atom stereocenters. The second kappa shape index (κ2) is 4.09. The molecule has 0 spiro atoms. The van der Waals surface area contributed by atoms with Crippen molar-refractivity contribution in [2.45, 2.75) is 26.4 Å². The van der Waals surface area contributed by atoms with Crippen molar-refractivity contribution in [3.8, 4) is 5.75 Å². The second-order valence-corrected chi connectivity index (χ2v) is 6.64. The summed E-state index contributed by atoms with van der Waals surface area (Å²) >= 11 is 0. The minimum atomic E-state index is -2.86. The molecule has 0 bridgehead atoms. The summed E-state index contributed by atoms with van der Waals surface area (Å²) in [4.78, 5) is 0. The molecule has 1 saturated heterocycles. The Morgan fingerprint density at radius 1 is 1.31 bits per heavy atom. The van der Waals surface area contributed by atoms with Gasteiger partial charge in [0, 0.05) is 0 Å². The SMILES string of the molecule is Cc1ccc(OC2CCS(=O)(=O)C2)c(C)c1. The highest BCUT2D eigenvalue weighted by molar-refractivity contribution is 7.91. The lowest BCUT2D eigenvalue weighted by Gasteiger charge is -2.14. The molecule has 0 aliphatic carbocycles. The number of hydrogen-bond acceptors (Lipinski definition) is 3. The molecule has 1 aliphatic heterocycles. The van der Waals surface area contributed by atoms with Gasteiger partial charge in [0.2, 0.25) is 0 Å². The molecule has 1 aromatic rings. The van der Waals surface area contributed by atoms with Gasteiger partial charge in [-0.1, -0.05) is 17.7 Å². The van der Waals surface area contributed by atoms with Crippen molar-refractivity contribution in [2.75, 3.05) is 11.5 Å². The maximum Gasteiger partial charge on any atom is 0.154 e. The molecular weight excluding hydrogens is 224 g/mol. The standard InChI is InChI=1S/C12H16O3S/c1-9-3-4-12(10(2)7-9)15-11-5-6-16(13,14)8-11/h3-4,7,11H,5-6,8H2,1-2H3. The van der Waals surface area contributed by atoms with Crippen LogP contribution in [0.4, 0.5) is 0 Å². The van der Waals surface area contributed by atoms with Gasteiger partial charge in [0.1, 0.15) is 11.9 Å². The highest BCUT2D eigenvalue weighted by Crippen LogP contribution is 2.23. The van der Waals surface area contributed by atoms with E-state index in [0.29, 0.717) is 6.42 Å². The van der Waals surface area contributed by atoms with E-state index in [1.54, 1.807) is 0 Å². The van der Waals surface area contributed by atoms with Crippen LogP contribution in [0.3, 0.4) is 0 Å². The Kier molecular flexibility index (Phi) is 2.93. The Morgan fingerprint density at radius 2 is 2.06 bits per heavy atom. The van der Waals surface area contributed by atoms with E-state index in [1.807, 2.05) is 32.0 Å². The quantitative estimate of drug-likeness (QED) is 0.792. The molecule has 1 aromatic carbocycles. The van der Waals surface area contributed by atoms with Gasteiger partial charge >= 0.3 is 0 Å². The second-order valence-electron chi connectivity index (χ2n) is 4.41. The number of ether oxygens (including phenoxy) is 1. The highest BCUT2D eigenvalue weighted by Gasteiger charge is 2.29. The van der Waals surface area contributed by atoms with Gasteiger partial charge in [-0.2, -0.15) is 0 Å². The highest BCUT2D eigenvalue weighted by atomic mass is 32.2. The summed E-state index contributed by atoms with van der Waals surface area (Å²) in [6.07, 6.45) is 0.432. The van der Waals surface area contributed by atoms with E-state index in [0.717, 1.165) is 11.3 Å². The zero-order valence-electron chi connectivity index (χ0n) is 9.56. The molecule has 1 fully saturated rings. The number of benzene rings is 1. The fraction of sp³-hybridized carbons (Fsp3) is 0.500. The van der Waals surface area contributed by atoms with Gasteiger partial charge in [-0.15, -0.1) is 0 Å². The van der Waals surface area contributed by atoms with Crippen molar-refractivity contribution >= 4 is 9.84 Å². The zero-order valence-corrected chi connectivity index (χ0v) is 10.4. The first-order chi connectivity index (χ1) is 7.46. The largest absolute Gasteiger partial charge is 0.489 e. The Bertz CT molecular complexity index is 491. The first-order valence-electron chi connectivity index (χ1n) is 5.41. The van der Waals surface area contributed by atoms with Crippen LogP contribution in [0, 0.1) is 13.8 Å². The normalized spacial score (nSPS) is 23.2. The molecule has 0 radical (unpaired) electrons. The molecule has 0 saturated carbocycles. The summed E-state index contributed by atoms with van der Waals surface area (Å²) in [7, 11) is -2.86. The lowest BCUT2D eigenvalue weighted by molar-refractivity contribution is 0.227. The minimum absolute atomic E-state index is 0.153. The molecule has 0 aromatic heterocycles. The molecule has 0 N–H and O–H groups in total. The van der Waals surface area contributed by atoms with Gasteiger partial charge in [-0.25, -0.2) is 8.42 Å². The summed E-state index contributed by atoms with van der Waals surface area (Å²) < 4.78 is 28.3. The fourth-order valence-electron chi connectivity index (χ4n) is 1.96. The predicted molar refractivity (Wildman–Crippen MR) is 63.6 cm³/mol. The average molecular weight is 240 g/mol. The van der Waals surface area contributed by atoms with E-state index < -0.39 is 9.84 Å². The van der Waals surface area contributed by atoms with Crippen molar-refractivity contribution in [3.63, 3.8) is 0 Å². The van der Waals surface area contributed by atoms with Crippen LogP contribution in [-0.2, 0) is 9.84 Å². The molecule has 16 heavy (non-hydrogen) atoms. The molecular formula is C12H16O3S. The Morgan fingerprint density at radius 3 is 2.62 bits per heavy atom. The third-order valence-corrected chi connectivity index (χ3v) is 4.55. The Balaban J connectivity index is 2.11. The number of rotatable bonds is 2. The molecule has 4 heteroatoms. The van der Waals surface area contributed by atoms with Crippen LogP contribution < -0.4 is 4.74 Å². The fourth-order valence-corrected chi connectivity index (χ4v) is 3.55.